The number of likely N-dealkylation sites (N-methyl/N-ethyl adjacent to an activating group) is 1. The monoisotopic (exact) mass is 591 g/mol. The molecule has 0 radical (unpaired) electrons. The van der Waals surface area contributed by atoms with Crippen LogP contribution >= 0.6 is 0 Å². The van der Waals surface area contributed by atoms with Crippen molar-refractivity contribution in [1.82, 2.24) is 5.32 Å². The number of aliphatic hydroxyl groups excluding tert-OH is 5. The van der Waals surface area contributed by atoms with Gasteiger partial charge in [-0.25, -0.2) is 0 Å². The Hall–Kier alpha value is -0.970. The van der Waals surface area contributed by atoms with Crippen LogP contribution < -0.4 is 5.32 Å². The lowest BCUT2D eigenvalue weighted by molar-refractivity contribution is -0.353. The summed E-state index contributed by atoms with van der Waals surface area (Å²) in [6.45, 7) is 3.50. The minimum atomic E-state index is -1.46. The second-order valence-corrected chi connectivity index (χ2v) is 11.7. The van der Waals surface area contributed by atoms with Crippen molar-refractivity contribution < 1.29 is 58.7 Å². The predicted octanol–water partition coefficient (Wildman–Crippen LogP) is -0.668. The highest BCUT2D eigenvalue weighted by molar-refractivity contribution is 5.80. The van der Waals surface area contributed by atoms with Crippen molar-refractivity contribution in [2.45, 2.75) is 145 Å². The molecule has 0 aromatic heterocycles. The molecule has 0 aromatic rings. The molecule has 4 aliphatic rings. The van der Waals surface area contributed by atoms with Gasteiger partial charge in [0.1, 0.15) is 48.8 Å². The summed E-state index contributed by atoms with van der Waals surface area (Å²) < 4.78 is 37.0. The van der Waals surface area contributed by atoms with E-state index in [1.54, 1.807) is 6.92 Å². The molecule has 1 amide bonds. The molecule has 4 rings (SSSR count). The van der Waals surface area contributed by atoms with Crippen molar-refractivity contribution in [2.75, 3.05) is 20.3 Å². The number of amides is 1. The molecule has 3 aliphatic heterocycles. The number of hydrogen-bond donors (Lipinski definition) is 6. The summed E-state index contributed by atoms with van der Waals surface area (Å²) in [6.07, 6.45) is -7.36. The average Bonchev–Trinajstić information content (AvgIpc) is 2.98. The fourth-order valence-electron chi connectivity index (χ4n) is 6.37. The third-order valence-electron chi connectivity index (χ3n) is 8.91. The van der Waals surface area contributed by atoms with Gasteiger partial charge in [0, 0.05) is 13.7 Å². The Morgan fingerprint density at radius 1 is 0.854 bits per heavy atom. The standard InChI is InChI=1S/C28H49NO12/c1-4-15-9-8-11-16(23(15)41-27-22(34)21(33)19(31)14(2)37-27)39-28-25-24(20(32)18(13-30)40-28)38-17(26(35)29-3)10-6-5-7-12-36-25/h14-25,27-28,30-34H,4-13H2,1-3H3,(H,29,35)/t14?,15-,16-,17-,18?,19-,20+,21?,22+,23?,24?,25?,27+,28-/m1/s1. The molecule has 14 atom stereocenters. The number of fused-ring (bicyclic) bond motifs is 1. The van der Waals surface area contributed by atoms with E-state index in [9.17, 15) is 30.3 Å². The van der Waals surface area contributed by atoms with E-state index in [1.807, 2.05) is 6.92 Å². The van der Waals surface area contributed by atoms with Gasteiger partial charge in [0.2, 0.25) is 5.91 Å². The van der Waals surface area contributed by atoms with Crippen molar-refractivity contribution in [3.05, 3.63) is 0 Å². The summed E-state index contributed by atoms with van der Waals surface area (Å²) >= 11 is 0. The van der Waals surface area contributed by atoms with Crippen molar-refractivity contribution in [2.24, 2.45) is 5.92 Å². The van der Waals surface area contributed by atoms with Crippen LogP contribution in [0, 0.1) is 5.92 Å². The summed E-state index contributed by atoms with van der Waals surface area (Å²) in [4.78, 5) is 12.6. The molecular formula is C28H49NO12. The first-order valence-electron chi connectivity index (χ1n) is 15.1. The van der Waals surface area contributed by atoms with Crippen LogP contribution in [-0.2, 0) is 33.2 Å². The molecule has 0 bridgehead atoms. The Morgan fingerprint density at radius 2 is 1.63 bits per heavy atom. The van der Waals surface area contributed by atoms with Gasteiger partial charge in [-0.1, -0.05) is 32.6 Å². The largest absolute Gasteiger partial charge is 0.394 e. The highest BCUT2D eigenvalue weighted by Crippen LogP contribution is 2.37. The Kier molecular flexibility index (Phi) is 12.2. The third-order valence-corrected chi connectivity index (χ3v) is 8.91. The first kappa shape index (κ1) is 32.9. The van der Waals surface area contributed by atoms with E-state index < -0.39 is 86.3 Å². The quantitative estimate of drug-likeness (QED) is 0.220. The van der Waals surface area contributed by atoms with Gasteiger partial charge in [-0.2, -0.15) is 0 Å². The van der Waals surface area contributed by atoms with Crippen LogP contribution in [0.5, 0.6) is 0 Å². The van der Waals surface area contributed by atoms with E-state index >= 15 is 0 Å². The lowest BCUT2D eigenvalue weighted by atomic mass is 9.82. The minimum absolute atomic E-state index is 0.0429. The fourth-order valence-corrected chi connectivity index (χ4v) is 6.37. The van der Waals surface area contributed by atoms with Crippen molar-refractivity contribution in [3.8, 4) is 0 Å². The van der Waals surface area contributed by atoms with Gasteiger partial charge in [0.15, 0.2) is 12.6 Å². The number of rotatable bonds is 7. The van der Waals surface area contributed by atoms with E-state index in [-0.39, 0.29) is 11.8 Å². The number of carbonyl (C=O) groups is 1. The molecular weight excluding hydrogens is 542 g/mol. The van der Waals surface area contributed by atoms with E-state index in [0.29, 0.717) is 19.4 Å². The van der Waals surface area contributed by atoms with E-state index in [4.69, 9.17) is 28.4 Å². The molecule has 6 unspecified atom stereocenters. The van der Waals surface area contributed by atoms with Crippen LogP contribution in [0.25, 0.3) is 0 Å². The van der Waals surface area contributed by atoms with E-state index in [1.165, 1.54) is 7.05 Å². The van der Waals surface area contributed by atoms with Crippen molar-refractivity contribution in [1.29, 1.82) is 0 Å². The first-order chi connectivity index (χ1) is 19.7. The van der Waals surface area contributed by atoms with Crippen LogP contribution in [-0.4, -0.2) is 131 Å². The van der Waals surface area contributed by atoms with Gasteiger partial charge in [-0.3, -0.25) is 4.79 Å². The lowest BCUT2D eigenvalue weighted by Crippen LogP contribution is -2.64. The van der Waals surface area contributed by atoms with Gasteiger partial charge in [0.05, 0.1) is 24.9 Å². The average molecular weight is 592 g/mol. The number of hydrogen-bond acceptors (Lipinski definition) is 12. The van der Waals surface area contributed by atoms with Gasteiger partial charge < -0.3 is 59.3 Å². The molecule has 6 N–H and O–H groups in total. The number of aliphatic hydroxyl groups is 5. The SMILES string of the molecule is CC[C@@H]1CCC[C@@H](O[C@@H]2OC(CO)[C@H](O)C3O[C@@H](C(=O)NC)CCCCCOC32)C1O[C@@H]1OC(C)[C@@H](O)C(O)[C@@H]1O. The Morgan fingerprint density at radius 3 is 2.34 bits per heavy atom. The normalized spacial score (nSPS) is 46.3. The molecule has 1 aliphatic carbocycles. The van der Waals surface area contributed by atoms with Gasteiger partial charge in [0.25, 0.3) is 0 Å². The maximum Gasteiger partial charge on any atom is 0.248 e. The van der Waals surface area contributed by atoms with Crippen LogP contribution in [0.4, 0.5) is 0 Å². The molecule has 238 valence electrons. The summed E-state index contributed by atoms with van der Waals surface area (Å²) in [5.74, 6) is -0.263. The summed E-state index contributed by atoms with van der Waals surface area (Å²) in [5.41, 5.74) is 0. The van der Waals surface area contributed by atoms with Gasteiger partial charge >= 0.3 is 0 Å². The molecule has 13 nitrogen and oxygen atoms in total. The first-order valence-corrected chi connectivity index (χ1v) is 15.1. The molecule has 3 heterocycles. The van der Waals surface area contributed by atoms with Gasteiger partial charge in [-0.15, -0.1) is 0 Å². The second-order valence-electron chi connectivity index (χ2n) is 11.7. The molecule has 0 aromatic carbocycles. The summed E-state index contributed by atoms with van der Waals surface area (Å²) in [5, 5.41) is 54.8. The molecule has 41 heavy (non-hydrogen) atoms. The predicted molar refractivity (Wildman–Crippen MR) is 142 cm³/mol. The smallest absolute Gasteiger partial charge is 0.248 e. The van der Waals surface area contributed by atoms with E-state index in [0.717, 1.165) is 38.5 Å². The van der Waals surface area contributed by atoms with Crippen molar-refractivity contribution >= 4 is 5.91 Å². The Balaban J connectivity index is 1.57. The molecule has 0 spiro atoms. The highest BCUT2D eigenvalue weighted by atomic mass is 16.7. The zero-order chi connectivity index (χ0) is 29.7. The van der Waals surface area contributed by atoms with Crippen LogP contribution in [0.3, 0.4) is 0 Å². The van der Waals surface area contributed by atoms with Crippen molar-refractivity contribution in [3.63, 3.8) is 0 Å². The highest BCUT2D eigenvalue weighted by Gasteiger charge is 2.51. The molecule has 3 saturated heterocycles. The maximum absolute atomic E-state index is 12.6. The summed E-state index contributed by atoms with van der Waals surface area (Å²) in [7, 11) is 1.53. The Labute approximate surface area is 241 Å². The number of nitrogens with one attached hydrogen (secondary N) is 1. The Bertz CT molecular complexity index is 821. The molecule has 4 fully saturated rings. The van der Waals surface area contributed by atoms with Crippen LogP contribution in [0.1, 0.15) is 65.2 Å². The van der Waals surface area contributed by atoms with E-state index in [2.05, 4.69) is 5.32 Å². The maximum atomic E-state index is 12.6. The number of carbonyl (C=O) groups excluding carboxylic acids is 1. The minimum Gasteiger partial charge on any atom is -0.394 e. The van der Waals surface area contributed by atoms with Crippen LogP contribution in [0.15, 0.2) is 0 Å². The number of ether oxygens (including phenoxy) is 6. The zero-order valence-corrected chi connectivity index (χ0v) is 24.2. The second kappa shape index (κ2) is 15.2. The topological polar surface area (TPSA) is 186 Å². The molecule has 13 heteroatoms. The third kappa shape index (κ3) is 7.58. The summed E-state index contributed by atoms with van der Waals surface area (Å²) in [6, 6.07) is 0. The zero-order valence-electron chi connectivity index (χ0n) is 24.2. The van der Waals surface area contributed by atoms with Gasteiger partial charge in [-0.05, 0) is 38.5 Å². The molecule has 1 saturated carbocycles. The lowest BCUT2D eigenvalue weighted by Gasteiger charge is -2.48. The van der Waals surface area contributed by atoms with Crippen LogP contribution in [0.2, 0.25) is 0 Å². The fraction of sp³-hybridized carbons (Fsp3) is 0.964.